The van der Waals surface area contributed by atoms with E-state index >= 15 is 0 Å². The van der Waals surface area contributed by atoms with Gasteiger partial charge in [-0.25, -0.2) is 8.42 Å². The average Bonchev–Trinajstić information content (AvgIpc) is 2.88. The Morgan fingerprint density at radius 3 is 2.50 bits per heavy atom. The van der Waals surface area contributed by atoms with Crippen LogP contribution in [-0.2, 0) is 16.6 Å². The first-order valence-electron chi connectivity index (χ1n) is 6.87. The van der Waals surface area contributed by atoms with Gasteiger partial charge >= 0.3 is 0 Å². The number of piperidine rings is 1. The predicted molar refractivity (Wildman–Crippen MR) is 82.2 cm³/mol. The van der Waals surface area contributed by atoms with E-state index in [0.717, 1.165) is 24.3 Å². The highest BCUT2D eigenvalue weighted by molar-refractivity contribution is 7.91. The first-order chi connectivity index (χ1) is 9.43. The summed E-state index contributed by atoms with van der Waals surface area (Å²) in [6, 6.07) is 3.48. The molecule has 0 saturated carbocycles. The minimum atomic E-state index is -3.32. The molecule has 1 aromatic rings. The SMILES string of the molecule is CN(C)CC1CCN(S(=O)(=O)c2ccc(CN)s2)CC1. The van der Waals surface area contributed by atoms with Crippen molar-refractivity contribution in [1.29, 1.82) is 0 Å². The molecule has 0 radical (unpaired) electrons. The molecule has 0 aromatic carbocycles. The van der Waals surface area contributed by atoms with E-state index in [4.69, 9.17) is 5.73 Å². The molecule has 0 atom stereocenters. The van der Waals surface area contributed by atoms with Crippen LogP contribution in [0.2, 0.25) is 0 Å². The van der Waals surface area contributed by atoms with Crippen molar-refractivity contribution in [2.24, 2.45) is 11.7 Å². The summed E-state index contributed by atoms with van der Waals surface area (Å²) in [4.78, 5) is 3.08. The maximum Gasteiger partial charge on any atom is 0.252 e. The minimum Gasteiger partial charge on any atom is -0.326 e. The highest BCUT2D eigenvalue weighted by Crippen LogP contribution is 2.28. The van der Waals surface area contributed by atoms with Crippen molar-refractivity contribution in [3.8, 4) is 0 Å². The molecular weight excluding hydrogens is 294 g/mol. The molecule has 2 rings (SSSR count). The quantitative estimate of drug-likeness (QED) is 0.885. The molecule has 7 heteroatoms. The van der Waals surface area contributed by atoms with Crippen LogP contribution in [0.4, 0.5) is 0 Å². The minimum absolute atomic E-state index is 0.394. The zero-order chi connectivity index (χ0) is 14.8. The van der Waals surface area contributed by atoms with Crippen molar-refractivity contribution in [2.75, 3.05) is 33.7 Å². The fourth-order valence-corrected chi connectivity index (χ4v) is 5.44. The summed E-state index contributed by atoms with van der Waals surface area (Å²) in [6.07, 6.45) is 1.87. The van der Waals surface area contributed by atoms with Crippen LogP contribution in [0.5, 0.6) is 0 Å². The van der Waals surface area contributed by atoms with Gasteiger partial charge in [-0.2, -0.15) is 4.31 Å². The Balaban J connectivity index is 2.02. The Morgan fingerprint density at radius 1 is 1.35 bits per heavy atom. The van der Waals surface area contributed by atoms with Crippen molar-refractivity contribution < 1.29 is 8.42 Å². The van der Waals surface area contributed by atoms with E-state index in [1.165, 1.54) is 11.3 Å². The fraction of sp³-hybridized carbons (Fsp3) is 0.692. The van der Waals surface area contributed by atoms with Crippen molar-refractivity contribution >= 4 is 21.4 Å². The summed E-state index contributed by atoms with van der Waals surface area (Å²) < 4.78 is 27.1. The molecule has 20 heavy (non-hydrogen) atoms. The second-order valence-electron chi connectivity index (χ2n) is 5.53. The molecule has 0 unspecified atom stereocenters. The Hall–Kier alpha value is -0.470. The summed E-state index contributed by atoms with van der Waals surface area (Å²) >= 11 is 1.28. The molecule has 1 aliphatic heterocycles. The van der Waals surface area contributed by atoms with Crippen LogP contribution in [0.15, 0.2) is 16.3 Å². The normalized spacial score (nSPS) is 18.8. The maximum absolute atomic E-state index is 12.5. The number of nitrogens with two attached hydrogens (primary N) is 1. The van der Waals surface area contributed by atoms with E-state index in [0.29, 0.717) is 29.8 Å². The molecular formula is C13H23N3O2S2. The number of rotatable bonds is 5. The molecule has 2 heterocycles. The van der Waals surface area contributed by atoms with Gasteiger partial charge in [0, 0.05) is 31.1 Å². The molecule has 1 aromatic heterocycles. The summed E-state index contributed by atoms with van der Waals surface area (Å²) in [5, 5.41) is 0. The topological polar surface area (TPSA) is 66.6 Å². The van der Waals surface area contributed by atoms with Crippen molar-refractivity contribution in [2.45, 2.75) is 23.6 Å². The second-order valence-corrected chi connectivity index (χ2v) is 8.87. The lowest BCUT2D eigenvalue weighted by molar-refractivity contribution is 0.225. The Labute approximate surface area is 125 Å². The highest BCUT2D eigenvalue weighted by atomic mass is 32.2. The zero-order valence-electron chi connectivity index (χ0n) is 12.1. The van der Waals surface area contributed by atoms with Gasteiger partial charge in [0.25, 0.3) is 10.0 Å². The molecule has 1 aliphatic rings. The monoisotopic (exact) mass is 317 g/mol. The maximum atomic E-state index is 12.5. The average molecular weight is 317 g/mol. The van der Waals surface area contributed by atoms with Gasteiger partial charge in [-0.05, 0) is 45.0 Å². The summed E-state index contributed by atoms with van der Waals surface area (Å²) in [7, 11) is 0.797. The van der Waals surface area contributed by atoms with Crippen molar-refractivity contribution in [1.82, 2.24) is 9.21 Å². The van der Waals surface area contributed by atoms with Gasteiger partial charge in [-0.1, -0.05) is 0 Å². The molecule has 114 valence electrons. The van der Waals surface area contributed by atoms with E-state index in [9.17, 15) is 8.42 Å². The first-order valence-corrected chi connectivity index (χ1v) is 9.13. The number of hydrogen-bond donors (Lipinski definition) is 1. The standard InChI is InChI=1S/C13H23N3O2S2/c1-15(2)10-11-5-7-16(8-6-11)20(17,18)13-4-3-12(9-14)19-13/h3-4,11H,5-10,14H2,1-2H3. The van der Waals surface area contributed by atoms with Gasteiger partial charge in [0.15, 0.2) is 0 Å². The van der Waals surface area contributed by atoms with Crippen molar-refractivity contribution in [3.05, 3.63) is 17.0 Å². The van der Waals surface area contributed by atoms with Crippen LogP contribution in [-0.4, -0.2) is 51.4 Å². The number of thiophene rings is 1. The third-order valence-corrected chi connectivity index (χ3v) is 7.10. The van der Waals surface area contributed by atoms with Crippen LogP contribution in [0.3, 0.4) is 0 Å². The smallest absolute Gasteiger partial charge is 0.252 e. The van der Waals surface area contributed by atoms with Gasteiger partial charge < -0.3 is 10.6 Å². The lowest BCUT2D eigenvalue weighted by Crippen LogP contribution is -2.40. The third-order valence-electron chi connectivity index (χ3n) is 3.63. The van der Waals surface area contributed by atoms with Crippen LogP contribution in [0.1, 0.15) is 17.7 Å². The van der Waals surface area contributed by atoms with E-state index < -0.39 is 10.0 Å². The lowest BCUT2D eigenvalue weighted by Gasteiger charge is -2.32. The third kappa shape index (κ3) is 3.59. The van der Waals surface area contributed by atoms with E-state index in [1.54, 1.807) is 16.4 Å². The first kappa shape index (κ1) is 15.9. The van der Waals surface area contributed by atoms with Gasteiger partial charge in [0.2, 0.25) is 0 Å². The van der Waals surface area contributed by atoms with Gasteiger partial charge in [0.05, 0.1) is 0 Å². The summed E-state index contributed by atoms with van der Waals surface area (Å²) in [5.41, 5.74) is 5.55. The molecule has 1 fully saturated rings. The zero-order valence-corrected chi connectivity index (χ0v) is 13.7. The largest absolute Gasteiger partial charge is 0.326 e. The molecule has 0 aliphatic carbocycles. The van der Waals surface area contributed by atoms with Gasteiger partial charge in [-0.3, -0.25) is 0 Å². The molecule has 2 N–H and O–H groups in total. The van der Waals surface area contributed by atoms with Gasteiger partial charge in [0.1, 0.15) is 4.21 Å². The summed E-state index contributed by atoms with van der Waals surface area (Å²) in [5.74, 6) is 0.597. The van der Waals surface area contributed by atoms with Crippen LogP contribution in [0, 0.1) is 5.92 Å². The van der Waals surface area contributed by atoms with Crippen LogP contribution < -0.4 is 5.73 Å². The van der Waals surface area contributed by atoms with E-state index in [1.807, 2.05) is 0 Å². The molecule has 0 spiro atoms. The molecule has 0 bridgehead atoms. The lowest BCUT2D eigenvalue weighted by atomic mass is 9.98. The van der Waals surface area contributed by atoms with Crippen LogP contribution in [0.25, 0.3) is 0 Å². The second kappa shape index (κ2) is 6.53. The molecule has 1 saturated heterocycles. The Bertz CT molecular complexity index is 532. The van der Waals surface area contributed by atoms with Gasteiger partial charge in [-0.15, -0.1) is 11.3 Å². The molecule has 5 nitrogen and oxygen atoms in total. The number of nitrogens with zero attached hydrogens (tertiary/aromatic N) is 2. The summed E-state index contributed by atoms with van der Waals surface area (Å²) in [6.45, 7) is 2.67. The molecule has 0 amide bonds. The predicted octanol–water partition coefficient (Wildman–Crippen LogP) is 1.17. The van der Waals surface area contributed by atoms with Crippen LogP contribution >= 0.6 is 11.3 Å². The van der Waals surface area contributed by atoms with Crippen molar-refractivity contribution in [3.63, 3.8) is 0 Å². The van der Waals surface area contributed by atoms with E-state index in [-0.39, 0.29) is 0 Å². The fourth-order valence-electron chi connectivity index (χ4n) is 2.58. The van der Waals surface area contributed by atoms with E-state index in [2.05, 4.69) is 19.0 Å². The number of hydrogen-bond acceptors (Lipinski definition) is 5. The number of sulfonamides is 1. The Morgan fingerprint density at radius 2 is 2.00 bits per heavy atom. The Kier molecular flexibility index (Phi) is 5.19. The highest BCUT2D eigenvalue weighted by Gasteiger charge is 2.30.